The summed E-state index contributed by atoms with van der Waals surface area (Å²) in [4.78, 5) is 0. The van der Waals surface area contributed by atoms with Gasteiger partial charge in [0, 0.05) is 0 Å². The molecule has 2 rings (SSSR count). The third-order valence-corrected chi connectivity index (χ3v) is 3.09. The molecule has 9 heteroatoms. The van der Waals surface area contributed by atoms with Crippen molar-refractivity contribution < 1.29 is 22.6 Å². The Bertz CT molecular complexity index is 878. The van der Waals surface area contributed by atoms with E-state index >= 15 is 0 Å². The minimum Gasteiger partial charge on any atom is -0.497 e. The Kier molecular flexibility index (Phi) is 5.66. The standard InChI is InChI=1S/C17H11F3N4O2/c1-25-13-3-5-14(6-4-13)26-16-7-2-11(17(18,19)20)8-15(16)24-23-12(9-21)10-22/h2-8,24H,1H3. The first-order valence-electron chi connectivity index (χ1n) is 7.04. The van der Waals surface area contributed by atoms with Crippen LogP contribution in [-0.4, -0.2) is 12.8 Å². The number of nitriles is 2. The van der Waals surface area contributed by atoms with Crippen LogP contribution < -0.4 is 14.9 Å². The average molecular weight is 360 g/mol. The molecule has 132 valence electrons. The van der Waals surface area contributed by atoms with Gasteiger partial charge in [-0.2, -0.15) is 28.8 Å². The lowest BCUT2D eigenvalue weighted by molar-refractivity contribution is -0.137. The summed E-state index contributed by atoms with van der Waals surface area (Å²) >= 11 is 0. The van der Waals surface area contributed by atoms with Crippen molar-refractivity contribution in [2.45, 2.75) is 6.18 Å². The van der Waals surface area contributed by atoms with Crippen LogP contribution in [0.1, 0.15) is 5.56 Å². The molecule has 0 aromatic heterocycles. The fraction of sp³-hybridized carbons (Fsp3) is 0.118. The largest absolute Gasteiger partial charge is 0.497 e. The van der Waals surface area contributed by atoms with Gasteiger partial charge in [0.1, 0.15) is 23.6 Å². The highest BCUT2D eigenvalue weighted by molar-refractivity contribution is 6.10. The van der Waals surface area contributed by atoms with Gasteiger partial charge in [-0.15, -0.1) is 0 Å². The highest BCUT2D eigenvalue weighted by Crippen LogP contribution is 2.37. The van der Waals surface area contributed by atoms with E-state index in [1.54, 1.807) is 24.3 Å². The van der Waals surface area contributed by atoms with Crippen molar-refractivity contribution in [2.75, 3.05) is 12.5 Å². The first-order chi connectivity index (χ1) is 12.4. The molecule has 0 unspecified atom stereocenters. The van der Waals surface area contributed by atoms with Crippen molar-refractivity contribution in [1.82, 2.24) is 0 Å². The summed E-state index contributed by atoms with van der Waals surface area (Å²) in [6.45, 7) is 0. The maximum absolute atomic E-state index is 12.9. The monoisotopic (exact) mass is 360 g/mol. The molecule has 0 spiro atoms. The minimum absolute atomic E-state index is 0.0298. The molecule has 0 aliphatic rings. The summed E-state index contributed by atoms with van der Waals surface area (Å²) in [7, 11) is 1.49. The lowest BCUT2D eigenvalue weighted by atomic mass is 10.2. The van der Waals surface area contributed by atoms with Crippen LogP contribution in [0, 0.1) is 22.7 Å². The number of rotatable bonds is 5. The molecule has 6 nitrogen and oxygen atoms in total. The predicted octanol–water partition coefficient (Wildman–Crippen LogP) is 4.32. The molecule has 0 amide bonds. The van der Waals surface area contributed by atoms with E-state index in [2.05, 4.69) is 10.5 Å². The van der Waals surface area contributed by atoms with Gasteiger partial charge in [0.15, 0.2) is 5.75 Å². The van der Waals surface area contributed by atoms with Crippen LogP contribution in [0.5, 0.6) is 17.2 Å². The smallest absolute Gasteiger partial charge is 0.416 e. The maximum atomic E-state index is 12.9. The van der Waals surface area contributed by atoms with E-state index in [4.69, 9.17) is 20.0 Å². The van der Waals surface area contributed by atoms with Gasteiger partial charge >= 0.3 is 6.18 Å². The molecule has 0 aliphatic heterocycles. The van der Waals surface area contributed by atoms with Crippen LogP contribution in [0.4, 0.5) is 18.9 Å². The Morgan fingerprint density at radius 3 is 2.19 bits per heavy atom. The zero-order valence-corrected chi connectivity index (χ0v) is 13.3. The van der Waals surface area contributed by atoms with Gasteiger partial charge in [0.2, 0.25) is 5.71 Å². The Labute approximate surface area is 146 Å². The summed E-state index contributed by atoms with van der Waals surface area (Å²) in [5, 5.41) is 20.8. The van der Waals surface area contributed by atoms with Gasteiger partial charge in [-0.25, -0.2) is 0 Å². The molecule has 0 saturated carbocycles. The van der Waals surface area contributed by atoms with E-state index in [0.29, 0.717) is 11.5 Å². The number of methoxy groups -OCH3 is 1. The second-order valence-electron chi connectivity index (χ2n) is 4.78. The van der Waals surface area contributed by atoms with Crippen LogP contribution in [0.15, 0.2) is 47.6 Å². The highest BCUT2D eigenvalue weighted by atomic mass is 19.4. The van der Waals surface area contributed by atoms with Crippen molar-refractivity contribution in [3.05, 3.63) is 48.0 Å². The molecule has 0 atom stereocenters. The van der Waals surface area contributed by atoms with Crippen molar-refractivity contribution in [3.8, 4) is 29.4 Å². The van der Waals surface area contributed by atoms with Crippen LogP contribution in [0.2, 0.25) is 0 Å². The molecule has 0 fully saturated rings. The molecule has 0 saturated heterocycles. The zero-order valence-electron chi connectivity index (χ0n) is 13.3. The van der Waals surface area contributed by atoms with Crippen LogP contribution >= 0.6 is 0 Å². The van der Waals surface area contributed by atoms with Crippen molar-refractivity contribution in [3.63, 3.8) is 0 Å². The van der Waals surface area contributed by atoms with Crippen LogP contribution in [0.3, 0.4) is 0 Å². The number of anilines is 1. The molecule has 0 radical (unpaired) electrons. The Balaban J connectivity index is 2.38. The lowest BCUT2D eigenvalue weighted by Crippen LogP contribution is -2.06. The maximum Gasteiger partial charge on any atom is 0.416 e. The number of ether oxygens (including phenoxy) is 2. The number of halogens is 3. The number of hydrogen-bond acceptors (Lipinski definition) is 6. The highest BCUT2D eigenvalue weighted by Gasteiger charge is 2.31. The van der Waals surface area contributed by atoms with Crippen molar-refractivity contribution in [1.29, 1.82) is 10.5 Å². The zero-order chi connectivity index (χ0) is 19.2. The van der Waals surface area contributed by atoms with E-state index in [9.17, 15) is 13.2 Å². The molecule has 0 bridgehead atoms. The number of nitrogens with one attached hydrogen (secondary N) is 1. The fourth-order valence-corrected chi connectivity index (χ4v) is 1.84. The van der Waals surface area contributed by atoms with Crippen molar-refractivity contribution >= 4 is 11.4 Å². The number of hydrazone groups is 1. The van der Waals surface area contributed by atoms with Gasteiger partial charge < -0.3 is 9.47 Å². The number of hydrogen-bond donors (Lipinski definition) is 1. The van der Waals surface area contributed by atoms with Gasteiger partial charge in [-0.05, 0) is 42.5 Å². The molecule has 0 aliphatic carbocycles. The summed E-state index contributed by atoms with van der Waals surface area (Å²) in [5.41, 5.74) is 0.629. The van der Waals surface area contributed by atoms with Gasteiger partial charge in [0.25, 0.3) is 0 Å². The summed E-state index contributed by atoms with van der Waals surface area (Å²) < 4.78 is 49.3. The van der Waals surface area contributed by atoms with Crippen molar-refractivity contribution in [2.24, 2.45) is 5.10 Å². The molecular formula is C17H11F3N4O2. The van der Waals surface area contributed by atoms with E-state index < -0.39 is 17.5 Å². The SMILES string of the molecule is COc1ccc(Oc2ccc(C(F)(F)F)cc2NN=C(C#N)C#N)cc1. The lowest BCUT2D eigenvalue weighted by Gasteiger charge is -2.14. The van der Waals surface area contributed by atoms with E-state index in [1.807, 2.05) is 0 Å². The minimum atomic E-state index is -4.58. The number of nitrogens with zero attached hydrogens (tertiary/aromatic N) is 3. The summed E-state index contributed by atoms with van der Waals surface area (Å²) in [5.74, 6) is 0.959. The molecule has 2 aromatic rings. The van der Waals surface area contributed by atoms with E-state index in [-0.39, 0.29) is 11.4 Å². The van der Waals surface area contributed by atoms with Gasteiger partial charge in [-0.1, -0.05) is 0 Å². The van der Waals surface area contributed by atoms with Gasteiger partial charge in [0.05, 0.1) is 18.4 Å². The van der Waals surface area contributed by atoms with Crippen LogP contribution in [0.25, 0.3) is 0 Å². The van der Waals surface area contributed by atoms with E-state index in [1.165, 1.54) is 19.2 Å². The normalized spacial score (nSPS) is 10.2. The Morgan fingerprint density at radius 2 is 1.65 bits per heavy atom. The third-order valence-electron chi connectivity index (χ3n) is 3.09. The predicted molar refractivity (Wildman–Crippen MR) is 86.8 cm³/mol. The Hall–Kier alpha value is -3.72. The van der Waals surface area contributed by atoms with Gasteiger partial charge in [-0.3, -0.25) is 5.43 Å². The topological polar surface area (TPSA) is 90.4 Å². The molecule has 26 heavy (non-hydrogen) atoms. The van der Waals surface area contributed by atoms with Crippen LogP contribution in [-0.2, 0) is 6.18 Å². The third kappa shape index (κ3) is 4.65. The summed E-state index contributed by atoms with van der Waals surface area (Å²) in [6.07, 6.45) is -4.58. The number of benzene rings is 2. The quantitative estimate of drug-likeness (QED) is 0.633. The molecule has 1 N–H and O–H groups in total. The second-order valence-corrected chi connectivity index (χ2v) is 4.78. The first-order valence-corrected chi connectivity index (χ1v) is 7.04. The summed E-state index contributed by atoms with van der Waals surface area (Å²) in [6, 6.07) is 12.1. The molecule has 0 heterocycles. The number of alkyl halides is 3. The second kappa shape index (κ2) is 7.90. The average Bonchev–Trinajstić information content (AvgIpc) is 2.63. The first kappa shape index (κ1) is 18.6. The molecular weight excluding hydrogens is 349 g/mol. The Morgan fingerprint density at radius 1 is 1.04 bits per heavy atom. The fourth-order valence-electron chi connectivity index (χ4n) is 1.84. The molecule has 2 aromatic carbocycles. The van der Waals surface area contributed by atoms with E-state index in [0.717, 1.165) is 18.2 Å².